The van der Waals surface area contributed by atoms with Gasteiger partial charge >= 0.3 is 0 Å². The fraction of sp³-hybridized carbons (Fsp3) is 0.429. The molecule has 2 N–H and O–H groups in total. The molecule has 0 aliphatic carbocycles. The van der Waals surface area contributed by atoms with Crippen molar-refractivity contribution < 1.29 is 0 Å². The van der Waals surface area contributed by atoms with Crippen LogP contribution in [0.25, 0.3) is 10.9 Å². The molecule has 2 nitrogen and oxygen atoms in total. The van der Waals surface area contributed by atoms with E-state index in [4.69, 9.17) is 0 Å². The van der Waals surface area contributed by atoms with Crippen molar-refractivity contribution in [1.29, 1.82) is 0 Å². The Labute approximate surface area is 97.1 Å². The average molecular weight is 216 g/mol. The number of aromatic nitrogens is 1. The van der Waals surface area contributed by atoms with Crippen LogP contribution in [0.4, 0.5) is 0 Å². The first-order chi connectivity index (χ1) is 7.92. The Morgan fingerprint density at radius 2 is 2.12 bits per heavy atom. The molecule has 0 spiro atoms. The van der Waals surface area contributed by atoms with Crippen molar-refractivity contribution in [2.45, 2.75) is 32.7 Å². The van der Waals surface area contributed by atoms with E-state index in [1.165, 1.54) is 35.7 Å². The van der Waals surface area contributed by atoms with Crippen LogP contribution < -0.4 is 5.32 Å². The van der Waals surface area contributed by atoms with Gasteiger partial charge in [-0.1, -0.05) is 38.0 Å². The number of fused-ring (bicyclic) bond motifs is 1. The van der Waals surface area contributed by atoms with Crippen molar-refractivity contribution >= 4 is 10.9 Å². The highest BCUT2D eigenvalue weighted by atomic mass is 14.8. The first-order valence-electron chi connectivity index (χ1n) is 6.17. The van der Waals surface area contributed by atoms with E-state index in [9.17, 15) is 0 Å². The molecular formula is C14H20N2. The Morgan fingerprint density at radius 3 is 3.00 bits per heavy atom. The number of para-hydroxylation sites is 1. The van der Waals surface area contributed by atoms with E-state index in [2.05, 4.69) is 41.5 Å². The molecule has 2 rings (SSSR count). The number of hydrogen-bond donors (Lipinski definition) is 2. The molecular weight excluding hydrogens is 196 g/mol. The lowest BCUT2D eigenvalue weighted by molar-refractivity contribution is 0.618. The molecule has 0 saturated carbocycles. The monoisotopic (exact) mass is 216 g/mol. The minimum Gasteiger partial charge on any atom is -0.361 e. The van der Waals surface area contributed by atoms with E-state index in [0.717, 1.165) is 13.1 Å². The summed E-state index contributed by atoms with van der Waals surface area (Å²) < 4.78 is 0. The van der Waals surface area contributed by atoms with Crippen molar-refractivity contribution in [3.8, 4) is 0 Å². The lowest BCUT2D eigenvalue weighted by atomic mass is 10.1. The molecule has 0 amide bonds. The Balaban J connectivity index is 1.91. The van der Waals surface area contributed by atoms with Gasteiger partial charge in [0, 0.05) is 18.3 Å². The molecule has 1 aromatic carbocycles. The largest absolute Gasteiger partial charge is 0.361 e. The molecule has 1 heterocycles. The number of rotatable bonds is 6. The number of unbranched alkanes of at least 4 members (excludes halogenated alkanes) is 2. The van der Waals surface area contributed by atoms with E-state index in [1.54, 1.807) is 0 Å². The number of H-pyrrole nitrogens is 1. The average Bonchev–Trinajstić information content (AvgIpc) is 2.77. The number of nitrogens with one attached hydrogen (secondary N) is 2. The maximum Gasteiger partial charge on any atom is 0.0499 e. The van der Waals surface area contributed by atoms with Crippen molar-refractivity contribution in [3.63, 3.8) is 0 Å². The highest BCUT2D eigenvalue weighted by Gasteiger charge is 2.00. The highest BCUT2D eigenvalue weighted by Crippen LogP contribution is 2.16. The quantitative estimate of drug-likeness (QED) is 0.711. The third-order valence-corrected chi connectivity index (χ3v) is 2.95. The normalized spacial score (nSPS) is 11.1. The molecule has 86 valence electrons. The van der Waals surface area contributed by atoms with Gasteiger partial charge in [0.15, 0.2) is 0 Å². The Morgan fingerprint density at radius 1 is 1.19 bits per heavy atom. The van der Waals surface area contributed by atoms with Crippen molar-refractivity contribution in [1.82, 2.24) is 10.3 Å². The van der Waals surface area contributed by atoms with Gasteiger partial charge in [-0.2, -0.15) is 0 Å². The minimum atomic E-state index is 0.960. The van der Waals surface area contributed by atoms with E-state index in [1.807, 2.05) is 6.20 Å². The third kappa shape index (κ3) is 2.64. The third-order valence-electron chi connectivity index (χ3n) is 2.95. The second-order valence-electron chi connectivity index (χ2n) is 4.24. The van der Waals surface area contributed by atoms with Crippen LogP contribution in [0.3, 0.4) is 0 Å². The minimum absolute atomic E-state index is 0.960. The molecule has 0 saturated heterocycles. The molecule has 0 aliphatic heterocycles. The van der Waals surface area contributed by atoms with Crippen LogP contribution in [0.5, 0.6) is 0 Å². The van der Waals surface area contributed by atoms with Gasteiger partial charge in [-0.15, -0.1) is 0 Å². The Bertz CT molecular complexity index is 431. The zero-order valence-electron chi connectivity index (χ0n) is 9.92. The molecule has 0 aliphatic rings. The summed E-state index contributed by atoms with van der Waals surface area (Å²) in [6.45, 7) is 4.31. The fourth-order valence-corrected chi connectivity index (χ4v) is 2.02. The summed E-state index contributed by atoms with van der Waals surface area (Å²) in [6, 6.07) is 8.58. The fourth-order valence-electron chi connectivity index (χ4n) is 2.02. The lowest BCUT2D eigenvalue weighted by Crippen LogP contribution is -2.14. The molecule has 0 fully saturated rings. The van der Waals surface area contributed by atoms with Crippen molar-refractivity contribution in [2.75, 3.05) is 6.54 Å². The number of benzene rings is 1. The summed E-state index contributed by atoms with van der Waals surface area (Å²) in [5.41, 5.74) is 2.63. The Kier molecular flexibility index (Phi) is 4.00. The van der Waals surface area contributed by atoms with Gasteiger partial charge in [0.25, 0.3) is 0 Å². The van der Waals surface area contributed by atoms with Gasteiger partial charge in [-0.25, -0.2) is 0 Å². The number of hydrogen-bond acceptors (Lipinski definition) is 1. The molecule has 16 heavy (non-hydrogen) atoms. The van der Waals surface area contributed by atoms with Crippen LogP contribution in [-0.4, -0.2) is 11.5 Å². The Hall–Kier alpha value is -1.28. The molecule has 2 aromatic rings. The zero-order valence-corrected chi connectivity index (χ0v) is 9.92. The van der Waals surface area contributed by atoms with Crippen LogP contribution in [0.15, 0.2) is 30.5 Å². The van der Waals surface area contributed by atoms with Gasteiger partial charge in [0.1, 0.15) is 0 Å². The summed E-state index contributed by atoms with van der Waals surface area (Å²) in [6.07, 6.45) is 5.88. The topological polar surface area (TPSA) is 27.8 Å². The van der Waals surface area contributed by atoms with E-state index >= 15 is 0 Å². The van der Waals surface area contributed by atoms with E-state index in [-0.39, 0.29) is 0 Å². The predicted octanol–water partition coefficient (Wildman–Crippen LogP) is 3.45. The van der Waals surface area contributed by atoms with Crippen molar-refractivity contribution in [3.05, 3.63) is 36.0 Å². The molecule has 2 heteroatoms. The van der Waals surface area contributed by atoms with E-state index < -0.39 is 0 Å². The first kappa shape index (κ1) is 11.2. The molecule has 0 unspecified atom stereocenters. The van der Waals surface area contributed by atoms with Crippen LogP contribution >= 0.6 is 0 Å². The van der Waals surface area contributed by atoms with Gasteiger partial charge in [-0.05, 0) is 30.0 Å². The molecule has 0 atom stereocenters. The lowest BCUT2D eigenvalue weighted by Gasteiger charge is -2.05. The second kappa shape index (κ2) is 5.71. The highest BCUT2D eigenvalue weighted by molar-refractivity contribution is 5.82. The van der Waals surface area contributed by atoms with Crippen LogP contribution in [0.2, 0.25) is 0 Å². The summed E-state index contributed by atoms with van der Waals surface area (Å²) in [4.78, 5) is 3.30. The van der Waals surface area contributed by atoms with Gasteiger partial charge in [0.05, 0.1) is 0 Å². The maximum atomic E-state index is 3.50. The summed E-state index contributed by atoms with van der Waals surface area (Å²) in [5, 5.41) is 4.80. The molecule has 0 bridgehead atoms. The first-order valence-corrected chi connectivity index (χ1v) is 6.17. The number of aromatic amines is 1. The maximum absolute atomic E-state index is 3.50. The van der Waals surface area contributed by atoms with Gasteiger partial charge in [0.2, 0.25) is 0 Å². The van der Waals surface area contributed by atoms with Gasteiger partial charge < -0.3 is 10.3 Å². The van der Waals surface area contributed by atoms with Crippen LogP contribution in [0.1, 0.15) is 31.7 Å². The van der Waals surface area contributed by atoms with Crippen molar-refractivity contribution in [2.24, 2.45) is 0 Å². The second-order valence-corrected chi connectivity index (χ2v) is 4.24. The zero-order chi connectivity index (χ0) is 11.2. The SMILES string of the molecule is CCCCCNCc1cccc2cc[nH]c12. The summed E-state index contributed by atoms with van der Waals surface area (Å²) >= 11 is 0. The van der Waals surface area contributed by atoms with E-state index in [0.29, 0.717) is 0 Å². The summed E-state index contributed by atoms with van der Waals surface area (Å²) in [7, 11) is 0. The molecule has 1 aromatic heterocycles. The summed E-state index contributed by atoms with van der Waals surface area (Å²) in [5.74, 6) is 0. The smallest absolute Gasteiger partial charge is 0.0499 e. The molecule has 0 radical (unpaired) electrons. The van der Waals surface area contributed by atoms with Crippen LogP contribution in [0, 0.1) is 0 Å². The predicted molar refractivity (Wildman–Crippen MR) is 69.5 cm³/mol. The van der Waals surface area contributed by atoms with Gasteiger partial charge in [-0.3, -0.25) is 0 Å². The standard InChI is InChI=1S/C14H20N2/c1-2-3-4-9-15-11-13-7-5-6-12-8-10-16-14(12)13/h5-8,10,15-16H,2-4,9,11H2,1H3. The van der Waals surface area contributed by atoms with Crippen LogP contribution in [-0.2, 0) is 6.54 Å².